The Bertz CT molecular complexity index is 968. The summed E-state index contributed by atoms with van der Waals surface area (Å²) in [5.41, 5.74) is 13.8. The average molecular weight is 324 g/mol. The van der Waals surface area contributed by atoms with Crippen LogP contribution in [0.2, 0.25) is 0 Å². The summed E-state index contributed by atoms with van der Waals surface area (Å²) in [7, 11) is 0. The van der Waals surface area contributed by atoms with E-state index in [0.29, 0.717) is 0 Å². The topological polar surface area (TPSA) is 0 Å². The van der Waals surface area contributed by atoms with Crippen molar-refractivity contribution in [2.75, 3.05) is 0 Å². The molecule has 0 N–H and O–H groups in total. The summed E-state index contributed by atoms with van der Waals surface area (Å²) in [6, 6.07) is 22.6. The minimum Gasteiger partial charge on any atom is -0.0587 e. The van der Waals surface area contributed by atoms with Crippen molar-refractivity contribution in [3.05, 3.63) is 105 Å². The fraction of sp³-hybridized carbons (Fsp3) is 0.200. The Morgan fingerprint density at radius 1 is 0.600 bits per heavy atom. The molecule has 0 saturated carbocycles. The van der Waals surface area contributed by atoms with Gasteiger partial charge in [-0.15, -0.1) is 0 Å². The first kappa shape index (κ1) is 15.9. The quantitative estimate of drug-likeness (QED) is 0.509. The number of benzene rings is 3. The van der Waals surface area contributed by atoms with Gasteiger partial charge < -0.3 is 0 Å². The number of fused-ring (bicyclic) bond motifs is 1. The van der Waals surface area contributed by atoms with Crippen LogP contribution >= 0.6 is 0 Å². The van der Waals surface area contributed by atoms with Gasteiger partial charge in [-0.25, -0.2) is 0 Å². The van der Waals surface area contributed by atoms with Crippen LogP contribution in [-0.4, -0.2) is 0 Å². The lowest BCUT2D eigenvalue weighted by Crippen LogP contribution is -1.93. The molecule has 0 aromatic heterocycles. The first-order valence-corrected chi connectivity index (χ1v) is 9.00. The van der Waals surface area contributed by atoms with Crippen LogP contribution in [-0.2, 0) is 6.42 Å². The van der Waals surface area contributed by atoms with E-state index in [1.807, 2.05) is 0 Å². The first-order chi connectivity index (χ1) is 12.0. The van der Waals surface area contributed by atoms with Gasteiger partial charge in [0.05, 0.1) is 0 Å². The Balaban J connectivity index is 1.98. The highest BCUT2D eigenvalue weighted by Gasteiger charge is 2.25. The van der Waals surface area contributed by atoms with E-state index >= 15 is 0 Å². The van der Waals surface area contributed by atoms with Crippen molar-refractivity contribution in [2.45, 2.75) is 34.1 Å². The molecule has 124 valence electrons. The molecule has 3 aromatic rings. The fourth-order valence-electron chi connectivity index (χ4n) is 4.02. The van der Waals surface area contributed by atoms with Crippen LogP contribution in [0.3, 0.4) is 0 Å². The van der Waals surface area contributed by atoms with Crippen LogP contribution in [0.15, 0.2) is 60.7 Å². The second-order valence-corrected chi connectivity index (χ2v) is 7.38. The normalized spacial score (nSPS) is 13.3. The van der Waals surface area contributed by atoms with Crippen LogP contribution < -0.4 is 0 Å². The summed E-state index contributed by atoms with van der Waals surface area (Å²) in [6.45, 7) is 8.74. The van der Waals surface area contributed by atoms with Crippen LogP contribution in [0.4, 0.5) is 0 Å². The zero-order valence-electron chi connectivity index (χ0n) is 15.5. The zero-order valence-corrected chi connectivity index (χ0v) is 15.5. The lowest BCUT2D eigenvalue weighted by Gasteiger charge is -2.13. The minimum absolute atomic E-state index is 1.02. The van der Waals surface area contributed by atoms with E-state index in [1.54, 1.807) is 0 Å². The molecule has 0 heterocycles. The number of hydrogen-bond donors (Lipinski definition) is 0. The molecule has 0 radical (unpaired) electrons. The third kappa shape index (κ3) is 2.82. The van der Waals surface area contributed by atoms with Gasteiger partial charge in [0, 0.05) is 0 Å². The molecule has 1 aliphatic carbocycles. The van der Waals surface area contributed by atoms with Crippen molar-refractivity contribution in [2.24, 2.45) is 0 Å². The molecule has 0 amide bonds. The van der Waals surface area contributed by atoms with Gasteiger partial charge >= 0.3 is 0 Å². The highest BCUT2D eigenvalue weighted by Crippen LogP contribution is 2.44. The largest absolute Gasteiger partial charge is 0.0587 e. The Kier molecular flexibility index (Phi) is 3.84. The summed E-state index contributed by atoms with van der Waals surface area (Å²) < 4.78 is 0. The van der Waals surface area contributed by atoms with E-state index in [-0.39, 0.29) is 0 Å². The Morgan fingerprint density at radius 2 is 1.16 bits per heavy atom. The second kappa shape index (κ2) is 6.04. The molecule has 0 spiro atoms. The predicted octanol–water partition coefficient (Wildman–Crippen LogP) is 6.44. The molecular weight excluding hydrogens is 300 g/mol. The van der Waals surface area contributed by atoms with Crippen molar-refractivity contribution in [3.8, 4) is 0 Å². The summed E-state index contributed by atoms with van der Waals surface area (Å²) in [4.78, 5) is 0. The van der Waals surface area contributed by atoms with Gasteiger partial charge in [0.2, 0.25) is 0 Å². The van der Waals surface area contributed by atoms with Gasteiger partial charge in [0.1, 0.15) is 0 Å². The molecule has 0 fully saturated rings. The SMILES string of the molecule is Cc1ccc(C2=C(c3ccc(C)cc3)c3c(C)cc(C)cc3C2)cc1. The van der Waals surface area contributed by atoms with Crippen molar-refractivity contribution < 1.29 is 0 Å². The second-order valence-electron chi connectivity index (χ2n) is 7.38. The molecule has 0 saturated heterocycles. The molecular formula is C25H24. The maximum Gasteiger partial charge on any atom is -0.000708 e. The third-order valence-electron chi connectivity index (χ3n) is 5.22. The first-order valence-electron chi connectivity index (χ1n) is 9.00. The van der Waals surface area contributed by atoms with Crippen LogP contribution in [0.25, 0.3) is 11.1 Å². The monoisotopic (exact) mass is 324 g/mol. The standard InChI is InChI=1S/C25H24/c1-16-5-9-20(10-6-16)23-15-22-14-18(3)13-19(4)24(22)25(23)21-11-7-17(2)8-12-21/h5-14H,15H2,1-4H3. The molecule has 0 unspecified atom stereocenters. The minimum atomic E-state index is 1.02. The molecule has 0 nitrogen and oxygen atoms in total. The lowest BCUT2D eigenvalue weighted by molar-refractivity contribution is 1.25. The third-order valence-corrected chi connectivity index (χ3v) is 5.22. The van der Waals surface area contributed by atoms with Crippen molar-refractivity contribution in [1.29, 1.82) is 0 Å². The smallest absolute Gasteiger partial charge is 0.000708 e. The molecule has 0 atom stereocenters. The van der Waals surface area contributed by atoms with E-state index in [1.165, 1.54) is 55.7 Å². The average Bonchev–Trinajstić information content (AvgIpc) is 2.96. The lowest BCUT2D eigenvalue weighted by atomic mass is 9.91. The van der Waals surface area contributed by atoms with Gasteiger partial charge in [0.15, 0.2) is 0 Å². The zero-order chi connectivity index (χ0) is 17.6. The predicted molar refractivity (Wildman–Crippen MR) is 108 cm³/mol. The van der Waals surface area contributed by atoms with Crippen LogP contribution in [0, 0.1) is 27.7 Å². The fourth-order valence-corrected chi connectivity index (χ4v) is 4.02. The molecule has 3 aromatic carbocycles. The van der Waals surface area contributed by atoms with Gasteiger partial charge in [-0.2, -0.15) is 0 Å². The number of hydrogen-bond acceptors (Lipinski definition) is 0. The van der Waals surface area contributed by atoms with Crippen molar-refractivity contribution in [1.82, 2.24) is 0 Å². The summed E-state index contributed by atoms with van der Waals surface area (Å²) in [5, 5.41) is 0. The molecule has 1 aliphatic rings. The Labute approximate surface area is 150 Å². The molecule has 25 heavy (non-hydrogen) atoms. The number of allylic oxidation sites excluding steroid dienone is 1. The molecule has 0 aliphatic heterocycles. The van der Waals surface area contributed by atoms with E-state index < -0.39 is 0 Å². The molecule has 0 heteroatoms. The van der Waals surface area contributed by atoms with E-state index in [0.717, 1.165) is 6.42 Å². The Hall–Kier alpha value is -2.60. The maximum atomic E-state index is 2.36. The van der Waals surface area contributed by atoms with Gasteiger partial charge in [-0.05, 0) is 73.1 Å². The highest BCUT2D eigenvalue weighted by molar-refractivity contribution is 6.04. The molecule has 4 rings (SSSR count). The molecule has 0 bridgehead atoms. The highest BCUT2D eigenvalue weighted by atomic mass is 14.3. The van der Waals surface area contributed by atoms with Crippen LogP contribution in [0.1, 0.15) is 44.5 Å². The summed E-state index contributed by atoms with van der Waals surface area (Å²) in [5.74, 6) is 0. The van der Waals surface area contributed by atoms with E-state index in [4.69, 9.17) is 0 Å². The van der Waals surface area contributed by atoms with Gasteiger partial charge in [-0.3, -0.25) is 0 Å². The van der Waals surface area contributed by atoms with Crippen LogP contribution in [0.5, 0.6) is 0 Å². The van der Waals surface area contributed by atoms with Crippen molar-refractivity contribution in [3.63, 3.8) is 0 Å². The summed E-state index contributed by atoms with van der Waals surface area (Å²) >= 11 is 0. The van der Waals surface area contributed by atoms with Gasteiger partial charge in [-0.1, -0.05) is 77.4 Å². The number of aryl methyl sites for hydroxylation is 4. The Morgan fingerprint density at radius 3 is 1.76 bits per heavy atom. The maximum absolute atomic E-state index is 2.36. The summed E-state index contributed by atoms with van der Waals surface area (Å²) in [6.07, 6.45) is 1.02. The van der Waals surface area contributed by atoms with Crippen molar-refractivity contribution >= 4 is 11.1 Å². The number of rotatable bonds is 2. The van der Waals surface area contributed by atoms with Gasteiger partial charge in [0.25, 0.3) is 0 Å². The van der Waals surface area contributed by atoms with E-state index in [9.17, 15) is 0 Å². The van der Waals surface area contributed by atoms with E-state index in [2.05, 4.69) is 88.4 Å².